The summed E-state index contributed by atoms with van der Waals surface area (Å²) in [6, 6.07) is 5.88. The molecule has 1 N–H and O–H groups in total. The second-order valence-electron chi connectivity index (χ2n) is 6.28. The van der Waals surface area contributed by atoms with Crippen molar-refractivity contribution in [1.29, 1.82) is 0 Å². The molecule has 3 nitrogen and oxygen atoms in total. The molecule has 0 saturated heterocycles. The maximum Gasteiger partial charge on any atom is 0.168 e. The summed E-state index contributed by atoms with van der Waals surface area (Å²) in [5.74, 6) is 0.119. The van der Waals surface area contributed by atoms with Crippen molar-refractivity contribution in [3.05, 3.63) is 40.7 Å². The van der Waals surface area contributed by atoms with E-state index >= 15 is 0 Å². The molecule has 0 heterocycles. The lowest BCUT2D eigenvalue weighted by molar-refractivity contribution is -0.117. The minimum absolute atomic E-state index is 0.0344. The van der Waals surface area contributed by atoms with E-state index in [0.29, 0.717) is 18.4 Å². The molecular weight excluding hydrogens is 250 g/mol. The zero-order chi connectivity index (χ0) is 14.9. The molecule has 0 atom stereocenters. The highest BCUT2D eigenvalue weighted by Crippen LogP contribution is 2.35. The Morgan fingerprint density at radius 1 is 1.25 bits per heavy atom. The third kappa shape index (κ3) is 2.98. The quantitative estimate of drug-likeness (QED) is 0.819. The first-order valence-corrected chi connectivity index (χ1v) is 6.86. The van der Waals surface area contributed by atoms with E-state index in [4.69, 9.17) is 0 Å². The fraction of sp³-hybridized carbons (Fsp3) is 0.412. The smallest absolute Gasteiger partial charge is 0.168 e. The van der Waals surface area contributed by atoms with Crippen LogP contribution in [0.1, 0.15) is 37.8 Å². The summed E-state index contributed by atoms with van der Waals surface area (Å²) in [6.07, 6.45) is 2.48. The predicted octanol–water partition coefficient (Wildman–Crippen LogP) is 4.21. The van der Waals surface area contributed by atoms with E-state index < -0.39 is 0 Å². The Morgan fingerprint density at radius 3 is 2.60 bits per heavy atom. The van der Waals surface area contributed by atoms with Crippen LogP contribution in [0.2, 0.25) is 0 Å². The number of carbonyl (C=O) groups is 1. The van der Waals surface area contributed by atoms with Gasteiger partial charge < -0.3 is 5.11 Å². The largest absolute Gasteiger partial charge is 0.511 e. The normalized spacial score (nSPS) is 18.9. The third-order valence-electron chi connectivity index (χ3n) is 3.81. The molecule has 0 unspecified atom stereocenters. The number of ketones is 1. The number of carbonyl (C=O) groups excluding carboxylic acids is 1. The molecule has 106 valence electrons. The summed E-state index contributed by atoms with van der Waals surface area (Å²) < 4.78 is 0. The Hall–Kier alpha value is -1.90. The predicted molar refractivity (Wildman–Crippen MR) is 81.7 cm³/mol. The van der Waals surface area contributed by atoms with Gasteiger partial charge in [-0.3, -0.25) is 9.79 Å². The summed E-state index contributed by atoms with van der Waals surface area (Å²) >= 11 is 0. The van der Waals surface area contributed by atoms with Crippen LogP contribution >= 0.6 is 0 Å². The number of aliphatic hydroxyl groups excluding tert-OH is 1. The van der Waals surface area contributed by atoms with Crippen LogP contribution in [-0.2, 0) is 4.79 Å². The van der Waals surface area contributed by atoms with Gasteiger partial charge in [-0.05, 0) is 36.5 Å². The molecule has 20 heavy (non-hydrogen) atoms. The van der Waals surface area contributed by atoms with Crippen LogP contribution in [-0.4, -0.2) is 17.1 Å². The molecule has 1 aliphatic rings. The zero-order valence-corrected chi connectivity index (χ0v) is 12.5. The molecule has 0 radical (unpaired) electrons. The lowest BCUT2D eigenvalue weighted by atomic mass is 9.77. The van der Waals surface area contributed by atoms with E-state index in [1.165, 1.54) is 6.21 Å². The van der Waals surface area contributed by atoms with E-state index in [2.05, 4.69) is 4.99 Å². The van der Waals surface area contributed by atoms with Crippen molar-refractivity contribution in [3.8, 4) is 0 Å². The molecule has 2 rings (SSSR count). The second kappa shape index (κ2) is 5.23. The van der Waals surface area contributed by atoms with E-state index in [0.717, 1.165) is 16.8 Å². The van der Waals surface area contributed by atoms with E-state index in [-0.39, 0.29) is 17.0 Å². The first-order valence-electron chi connectivity index (χ1n) is 6.86. The molecule has 0 aromatic heterocycles. The summed E-state index contributed by atoms with van der Waals surface area (Å²) in [4.78, 5) is 16.5. The summed E-state index contributed by atoms with van der Waals surface area (Å²) in [5, 5.41) is 10.0. The second-order valence-corrected chi connectivity index (χ2v) is 6.28. The Bertz CT molecular complexity index is 609. The molecule has 0 spiro atoms. The summed E-state index contributed by atoms with van der Waals surface area (Å²) in [5.41, 5.74) is 3.27. The number of aliphatic imine (C=N–C) groups is 1. The molecule has 0 amide bonds. The van der Waals surface area contributed by atoms with Crippen LogP contribution in [0.15, 0.2) is 34.5 Å². The van der Waals surface area contributed by atoms with E-state index in [1.807, 2.05) is 45.9 Å². The van der Waals surface area contributed by atoms with Gasteiger partial charge >= 0.3 is 0 Å². The SMILES string of the molecule is Cc1cccc(N=CC2=C(O)CC(C)(C)CC2=O)c1C. The monoisotopic (exact) mass is 271 g/mol. The fourth-order valence-corrected chi connectivity index (χ4v) is 2.46. The Labute approximate surface area is 120 Å². The third-order valence-corrected chi connectivity index (χ3v) is 3.81. The van der Waals surface area contributed by atoms with Crippen LogP contribution in [0.4, 0.5) is 5.69 Å². The van der Waals surface area contributed by atoms with E-state index in [1.54, 1.807) is 0 Å². The highest BCUT2D eigenvalue weighted by molar-refractivity contribution is 6.14. The Kier molecular flexibility index (Phi) is 3.80. The topological polar surface area (TPSA) is 49.7 Å². The molecule has 0 bridgehead atoms. The number of allylic oxidation sites excluding steroid dienone is 2. The van der Waals surface area contributed by atoms with Crippen LogP contribution in [0, 0.1) is 19.3 Å². The molecule has 1 aromatic rings. The van der Waals surface area contributed by atoms with Gasteiger partial charge in [0.25, 0.3) is 0 Å². The number of rotatable bonds is 2. The molecule has 0 fully saturated rings. The van der Waals surface area contributed by atoms with Crippen molar-refractivity contribution in [2.45, 2.75) is 40.5 Å². The van der Waals surface area contributed by atoms with Gasteiger partial charge in [0, 0.05) is 19.1 Å². The van der Waals surface area contributed by atoms with E-state index in [9.17, 15) is 9.90 Å². The minimum Gasteiger partial charge on any atom is -0.511 e. The van der Waals surface area contributed by atoms with Crippen molar-refractivity contribution in [3.63, 3.8) is 0 Å². The molecule has 1 aliphatic carbocycles. The maximum atomic E-state index is 12.1. The van der Waals surface area contributed by atoms with Crippen molar-refractivity contribution < 1.29 is 9.90 Å². The van der Waals surface area contributed by atoms with Crippen LogP contribution < -0.4 is 0 Å². The van der Waals surface area contributed by atoms with Crippen LogP contribution in [0.5, 0.6) is 0 Å². The Balaban J connectivity index is 2.32. The van der Waals surface area contributed by atoms with Crippen molar-refractivity contribution in [1.82, 2.24) is 0 Å². The fourth-order valence-electron chi connectivity index (χ4n) is 2.46. The van der Waals surface area contributed by atoms with Crippen LogP contribution in [0.3, 0.4) is 0 Å². The zero-order valence-electron chi connectivity index (χ0n) is 12.5. The van der Waals surface area contributed by atoms with Crippen molar-refractivity contribution in [2.75, 3.05) is 0 Å². The average Bonchev–Trinajstić information content (AvgIpc) is 2.31. The summed E-state index contributed by atoms with van der Waals surface area (Å²) in [6.45, 7) is 8.00. The number of hydrogen-bond donors (Lipinski definition) is 1. The number of hydrogen-bond acceptors (Lipinski definition) is 3. The van der Waals surface area contributed by atoms with Gasteiger partial charge in [0.05, 0.1) is 11.3 Å². The molecular formula is C17H21NO2. The highest BCUT2D eigenvalue weighted by atomic mass is 16.3. The van der Waals surface area contributed by atoms with Crippen molar-refractivity contribution in [2.24, 2.45) is 10.4 Å². The van der Waals surface area contributed by atoms with Gasteiger partial charge in [0.15, 0.2) is 5.78 Å². The molecule has 0 saturated carbocycles. The first kappa shape index (κ1) is 14.5. The number of benzene rings is 1. The minimum atomic E-state index is -0.169. The lowest BCUT2D eigenvalue weighted by Gasteiger charge is -2.28. The Morgan fingerprint density at radius 2 is 1.95 bits per heavy atom. The van der Waals surface area contributed by atoms with Gasteiger partial charge in [-0.25, -0.2) is 0 Å². The number of nitrogens with zero attached hydrogens (tertiary/aromatic N) is 1. The van der Waals surface area contributed by atoms with Gasteiger partial charge in [0.2, 0.25) is 0 Å². The first-order chi connectivity index (χ1) is 9.30. The van der Waals surface area contributed by atoms with Gasteiger partial charge in [0.1, 0.15) is 5.76 Å². The lowest BCUT2D eigenvalue weighted by Crippen LogP contribution is -2.26. The maximum absolute atomic E-state index is 12.1. The number of Topliss-reactive ketones (excluding diaryl/α,β-unsaturated/α-hetero) is 1. The average molecular weight is 271 g/mol. The van der Waals surface area contributed by atoms with Crippen molar-refractivity contribution >= 4 is 17.7 Å². The van der Waals surface area contributed by atoms with Gasteiger partial charge in [-0.1, -0.05) is 26.0 Å². The van der Waals surface area contributed by atoms with Crippen LogP contribution in [0.25, 0.3) is 0 Å². The highest BCUT2D eigenvalue weighted by Gasteiger charge is 2.32. The molecule has 0 aliphatic heterocycles. The van der Waals surface area contributed by atoms with Gasteiger partial charge in [-0.15, -0.1) is 0 Å². The number of aliphatic hydroxyl groups is 1. The van der Waals surface area contributed by atoms with Gasteiger partial charge in [-0.2, -0.15) is 0 Å². The molecule has 3 heteroatoms. The molecule has 1 aromatic carbocycles. The standard InChI is InChI=1S/C17H21NO2/c1-11-6-5-7-14(12(11)2)18-10-13-15(19)8-17(3,4)9-16(13)20/h5-7,10,19H,8-9H2,1-4H3. The number of aryl methyl sites for hydroxylation is 1. The summed E-state index contributed by atoms with van der Waals surface area (Å²) in [7, 11) is 0.